The largest absolute Gasteiger partial charge is 0.335 e. The van der Waals surface area contributed by atoms with Crippen LogP contribution in [0.15, 0.2) is 60.7 Å². The van der Waals surface area contributed by atoms with Crippen molar-refractivity contribution in [2.45, 2.75) is 6.92 Å². The van der Waals surface area contributed by atoms with Crippen molar-refractivity contribution in [1.29, 1.82) is 0 Å². The van der Waals surface area contributed by atoms with Gasteiger partial charge in [0.15, 0.2) is 0 Å². The van der Waals surface area contributed by atoms with Gasteiger partial charge in [-0.3, -0.25) is 0 Å². The zero-order chi connectivity index (χ0) is 13.9. The highest BCUT2D eigenvalue weighted by Crippen LogP contribution is 2.36. The third-order valence-electron chi connectivity index (χ3n) is 3.24. The van der Waals surface area contributed by atoms with Crippen LogP contribution in [0.1, 0.15) is 5.69 Å². The van der Waals surface area contributed by atoms with Crippen LogP contribution in [0.25, 0.3) is 10.6 Å². The van der Waals surface area contributed by atoms with E-state index in [0.29, 0.717) is 0 Å². The fourth-order valence-electron chi connectivity index (χ4n) is 2.17. The molecule has 0 radical (unpaired) electrons. The van der Waals surface area contributed by atoms with Crippen LogP contribution >= 0.6 is 11.3 Å². The predicted octanol–water partition coefficient (Wildman–Crippen LogP) is 4.89. The van der Waals surface area contributed by atoms with Crippen LogP contribution < -0.4 is 4.90 Å². The van der Waals surface area contributed by atoms with E-state index in [0.717, 1.165) is 10.7 Å². The first-order valence-electron chi connectivity index (χ1n) is 6.57. The van der Waals surface area contributed by atoms with Gasteiger partial charge in [-0.2, -0.15) is 0 Å². The van der Waals surface area contributed by atoms with E-state index in [1.165, 1.54) is 16.3 Å². The van der Waals surface area contributed by atoms with Crippen molar-refractivity contribution in [3.05, 3.63) is 66.4 Å². The molecule has 2 nitrogen and oxygen atoms in total. The molecule has 2 aromatic carbocycles. The van der Waals surface area contributed by atoms with Crippen molar-refractivity contribution in [1.82, 2.24) is 4.98 Å². The van der Waals surface area contributed by atoms with Crippen molar-refractivity contribution in [3.63, 3.8) is 0 Å². The molecule has 0 saturated carbocycles. The minimum atomic E-state index is 1.07. The van der Waals surface area contributed by atoms with Gasteiger partial charge in [0.05, 0.1) is 5.69 Å². The van der Waals surface area contributed by atoms with E-state index < -0.39 is 0 Å². The highest BCUT2D eigenvalue weighted by atomic mass is 32.1. The first-order chi connectivity index (χ1) is 9.75. The maximum Gasteiger partial charge on any atom is 0.125 e. The van der Waals surface area contributed by atoms with Crippen molar-refractivity contribution < 1.29 is 0 Å². The van der Waals surface area contributed by atoms with Gasteiger partial charge in [-0.05, 0) is 19.1 Å². The summed E-state index contributed by atoms with van der Waals surface area (Å²) in [6.07, 6.45) is 0. The van der Waals surface area contributed by atoms with E-state index >= 15 is 0 Å². The normalized spacial score (nSPS) is 10.5. The number of aromatic nitrogens is 1. The molecule has 0 fully saturated rings. The van der Waals surface area contributed by atoms with E-state index in [9.17, 15) is 0 Å². The van der Waals surface area contributed by atoms with Crippen LogP contribution in [0.4, 0.5) is 10.7 Å². The molecule has 3 heteroatoms. The monoisotopic (exact) mass is 280 g/mol. The molecule has 1 heterocycles. The minimum absolute atomic E-state index is 1.07. The number of nitrogens with zero attached hydrogens (tertiary/aromatic N) is 2. The molecule has 0 atom stereocenters. The van der Waals surface area contributed by atoms with Gasteiger partial charge in [0.2, 0.25) is 0 Å². The Morgan fingerprint density at radius 2 is 1.50 bits per heavy atom. The summed E-state index contributed by atoms with van der Waals surface area (Å²) in [5.74, 6) is 0. The molecule has 100 valence electrons. The third-order valence-corrected chi connectivity index (χ3v) is 4.52. The molecule has 0 amide bonds. The van der Waals surface area contributed by atoms with Gasteiger partial charge in [0.25, 0.3) is 0 Å². The summed E-state index contributed by atoms with van der Waals surface area (Å²) in [7, 11) is 2.09. The summed E-state index contributed by atoms with van der Waals surface area (Å²) in [6, 6.07) is 20.7. The lowest BCUT2D eigenvalue weighted by Crippen LogP contribution is -2.08. The second-order valence-electron chi connectivity index (χ2n) is 4.67. The van der Waals surface area contributed by atoms with Crippen molar-refractivity contribution >= 4 is 22.0 Å². The van der Waals surface area contributed by atoms with Gasteiger partial charge in [-0.25, -0.2) is 4.98 Å². The van der Waals surface area contributed by atoms with Gasteiger partial charge >= 0.3 is 0 Å². The lowest BCUT2D eigenvalue weighted by Gasteiger charge is -2.17. The molecule has 0 spiro atoms. The number of hydrogen-bond donors (Lipinski definition) is 0. The summed E-state index contributed by atoms with van der Waals surface area (Å²) < 4.78 is 0. The molecule has 0 bridgehead atoms. The molecule has 20 heavy (non-hydrogen) atoms. The van der Waals surface area contributed by atoms with Gasteiger partial charge < -0.3 is 4.90 Å². The average molecular weight is 280 g/mol. The van der Waals surface area contributed by atoms with Crippen LogP contribution in [0, 0.1) is 6.92 Å². The lowest BCUT2D eigenvalue weighted by molar-refractivity contribution is 1.17. The lowest BCUT2D eigenvalue weighted by atomic mass is 10.2. The highest BCUT2D eigenvalue weighted by molar-refractivity contribution is 7.19. The number of hydrogen-bond acceptors (Lipinski definition) is 3. The van der Waals surface area contributed by atoms with E-state index in [1.807, 2.05) is 24.3 Å². The Morgan fingerprint density at radius 3 is 2.15 bits per heavy atom. The fraction of sp³-hybridized carbons (Fsp3) is 0.118. The number of aryl methyl sites for hydroxylation is 1. The number of rotatable bonds is 3. The SMILES string of the molecule is Cc1nc(-c2ccccc2)sc1N(C)c1ccccc1. The number of thiazole rings is 1. The first-order valence-corrected chi connectivity index (χ1v) is 7.39. The summed E-state index contributed by atoms with van der Waals surface area (Å²) in [6.45, 7) is 2.07. The molecule has 0 unspecified atom stereocenters. The Kier molecular flexibility index (Phi) is 3.52. The van der Waals surface area contributed by atoms with Gasteiger partial charge in [0, 0.05) is 18.3 Å². The molecule has 0 saturated heterocycles. The maximum atomic E-state index is 4.70. The molecule has 0 aliphatic rings. The Hall–Kier alpha value is -2.13. The zero-order valence-electron chi connectivity index (χ0n) is 11.6. The summed E-state index contributed by atoms with van der Waals surface area (Å²) in [4.78, 5) is 6.90. The Labute approximate surface area is 123 Å². The van der Waals surface area contributed by atoms with E-state index in [-0.39, 0.29) is 0 Å². The summed E-state index contributed by atoms with van der Waals surface area (Å²) in [5.41, 5.74) is 3.42. The predicted molar refractivity (Wildman–Crippen MR) is 86.8 cm³/mol. The van der Waals surface area contributed by atoms with Gasteiger partial charge in [-0.1, -0.05) is 59.9 Å². The summed E-state index contributed by atoms with van der Waals surface area (Å²) in [5, 5.41) is 2.26. The van der Waals surface area contributed by atoms with Gasteiger partial charge in [0.1, 0.15) is 10.0 Å². The Bertz CT molecular complexity index is 690. The molecule has 1 aromatic heterocycles. The maximum absolute atomic E-state index is 4.70. The molecule has 3 rings (SSSR count). The standard InChI is InChI=1S/C17H16N2S/c1-13-17(19(2)15-11-7-4-8-12-15)20-16(18-13)14-9-5-3-6-10-14/h3-12H,1-2H3. The molecule has 0 N–H and O–H groups in total. The number of benzene rings is 2. The van der Waals surface area contributed by atoms with Crippen LogP contribution in [-0.2, 0) is 0 Å². The van der Waals surface area contributed by atoms with Crippen LogP contribution in [0.5, 0.6) is 0 Å². The second-order valence-corrected chi connectivity index (χ2v) is 5.65. The number of para-hydroxylation sites is 1. The van der Waals surface area contributed by atoms with Crippen molar-refractivity contribution in [2.75, 3.05) is 11.9 Å². The summed E-state index contributed by atoms with van der Waals surface area (Å²) >= 11 is 1.73. The highest BCUT2D eigenvalue weighted by Gasteiger charge is 2.13. The second kappa shape index (κ2) is 5.47. The third kappa shape index (κ3) is 2.45. The van der Waals surface area contributed by atoms with E-state index in [4.69, 9.17) is 4.98 Å². The van der Waals surface area contributed by atoms with Gasteiger partial charge in [-0.15, -0.1) is 0 Å². The van der Waals surface area contributed by atoms with Crippen molar-refractivity contribution in [2.24, 2.45) is 0 Å². The van der Waals surface area contributed by atoms with Crippen LogP contribution in [-0.4, -0.2) is 12.0 Å². The van der Waals surface area contributed by atoms with Crippen molar-refractivity contribution in [3.8, 4) is 10.6 Å². The quantitative estimate of drug-likeness (QED) is 0.679. The van der Waals surface area contributed by atoms with E-state index in [2.05, 4.69) is 55.3 Å². The first kappa shape index (κ1) is 12.9. The number of anilines is 2. The fourth-order valence-corrected chi connectivity index (χ4v) is 3.23. The molecule has 0 aliphatic carbocycles. The smallest absolute Gasteiger partial charge is 0.125 e. The molecule has 3 aromatic rings. The minimum Gasteiger partial charge on any atom is -0.335 e. The zero-order valence-corrected chi connectivity index (χ0v) is 12.4. The topological polar surface area (TPSA) is 16.1 Å². The Balaban J connectivity index is 1.98. The average Bonchev–Trinajstić information content (AvgIpc) is 2.90. The van der Waals surface area contributed by atoms with E-state index in [1.54, 1.807) is 11.3 Å². The van der Waals surface area contributed by atoms with Crippen LogP contribution in [0.2, 0.25) is 0 Å². The Morgan fingerprint density at radius 1 is 0.900 bits per heavy atom. The molecule has 0 aliphatic heterocycles. The van der Waals surface area contributed by atoms with Crippen LogP contribution in [0.3, 0.4) is 0 Å². The molecular weight excluding hydrogens is 264 g/mol. The molecular formula is C17H16N2S.